The number of nitriles is 3. The minimum absolute atomic E-state index is 0.0983. The van der Waals surface area contributed by atoms with Gasteiger partial charge in [-0.25, -0.2) is 4.39 Å². The molecule has 0 spiro atoms. The van der Waals surface area contributed by atoms with Gasteiger partial charge in [0.1, 0.15) is 29.7 Å². The maximum Gasteiger partial charge on any atom is 0.163 e. The van der Waals surface area contributed by atoms with Crippen LogP contribution in [0.1, 0.15) is 5.56 Å². The Hall–Kier alpha value is -3.27. The van der Waals surface area contributed by atoms with Gasteiger partial charge in [-0.05, 0) is 29.8 Å². The van der Waals surface area contributed by atoms with Crippen molar-refractivity contribution in [3.05, 3.63) is 71.2 Å². The van der Waals surface area contributed by atoms with E-state index >= 15 is 0 Å². The standard InChI is InChI=1S/C18H11FN4S/c19-15-5-3-4-13(8-15)12-24-18-7-2-1-6-16(18)23-17(11-22)14(9-20)10-21/h1-8,23H,12H2. The fourth-order valence-electron chi connectivity index (χ4n) is 1.90. The number of benzene rings is 2. The number of hydrogen-bond donors (Lipinski definition) is 1. The number of allylic oxidation sites excluding steroid dienone is 2. The number of para-hydroxylation sites is 1. The highest BCUT2D eigenvalue weighted by Crippen LogP contribution is 2.31. The largest absolute Gasteiger partial charge is 0.344 e. The average molecular weight is 334 g/mol. The molecule has 0 bridgehead atoms. The topological polar surface area (TPSA) is 83.4 Å². The fourth-order valence-corrected chi connectivity index (χ4v) is 2.85. The van der Waals surface area contributed by atoms with Crippen molar-refractivity contribution in [2.75, 3.05) is 5.32 Å². The van der Waals surface area contributed by atoms with E-state index in [-0.39, 0.29) is 17.1 Å². The number of hydrogen-bond acceptors (Lipinski definition) is 5. The first-order valence-electron chi connectivity index (χ1n) is 6.85. The van der Waals surface area contributed by atoms with Gasteiger partial charge in [0, 0.05) is 10.6 Å². The maximum atomic E-state index is 13.2. The summed E-state index contributed by atoms with van der Waals surface area (Å²) in [6.07, 6.45) is 0. The van der Waals surface area contributed by atoms with E-state index in [0.29, 0.717) is 11.4 Å². The first kappa shape index (κ1) is 17.1. The molecule has 2 rings (SSSR count). The molecule has 116 valence electrons. The first-order valence-corrected chi connectivity index (χ1v) is 7.84. The van der Waals surface area contributed by atoms with Crippen LogP contribution >= 0.6 is 11.8 Å². The summed E-state index contributed by atoms with van der Waals surface area (Å²) in [5.74, 6) is 0.257. The Labute approximate surface area is 143 Å². The lowest BCUT2D eigenvalue weighted by atomic mass is 10.2. The van der Waals surface area contributed by atoms with Crippen LogP contribution in [0, 0.1) is 39.8 Å². The van der Waals surface area contributed by atoms with Gasteiger partial charge in [0.25, 0.3) is 0 Å². The third kappa shape index (κ3) is 4.36. The maximum absolute atomic E-state index is 13.2. The molecular formula is C18H11FN4S. The lowest BCUT2D eigenvalue weighted by Crippen LogP contribution is -2.01. The Balaban J connectivity index is 2.22. The highest BCUT2D eigenvalue weighted by Gasteiger charge is 2.09. The number of thioether (sulfide) groups is 1. The summed E-state index contributed by atoms with van der Waals surface area (Å²) in [5.41, 5.74) is 1.07. The summed E-state index contributed by atoms with van der Waals surface area (Å²) in [4.78, 5) is 0.824. The summed E-state index contributed by atoms with van der Waals surface area (Å²) in [6.45, 7) is 0. The van der Waals surface area contributed by atoms with Crippen LogP contribution in [0.15, 0.2) is 64.7 Å². The van der Waals surface area contributed by atoms with Crippen LogP contribution in [0.2, 0.25) is 0 Å². The summed E-state index contributed by atoms with van der Waals surface area (Å²) >= 11 is 1.46. The van der Waals surface area contributed by atoms with Crippen LogP contribution in [-0.2, 0) is 5.75 Å². The molecule has 0 unspecified atom stereocenters. The molecule has 2 aromatic rings. The van der Waals surface area contributed by atoms with E-state index in [1.165, 1.54) is 23.9 Å². The lowest BCUT2D eigenvalue weighted by molar-refractivity contribution is 0.626. The van der Waals surface area contributed by atoms with E-state index in [0.717, 1.165) is 10.5 Å². The Morgan fingerprint density at radius 1 is 1.00 bits per heavy atom. The number of nitrogens with one attached hydrogen (secondary N) is 1. The van der Waals surface area contributed by atoms with Crippen molar-refractivity contribution in [2.24, 2.45) is 0 Å². The van der Waals surface area contributed by atoms with Crippen LogP contribution in [0.5, 0.6) is 0 Å². The zero-order chi connectivity index (χ0) is 17.4. The lowest BCUT2D eigenvalue weighted by Gasteiger charge is -2.11. The quantitative estimate of drug-likeness (QED) is 0.649. The van der Waals surface area contributed by atoms with Crippen LogP contribution in [0.25, 0.3) is 0 Å². The summed E-state index contributed by atoms with van der Waals surface area (Å²) in [5, 5.41) is 29.7. The zero-order valence-electron chi connectivity index (χ0n) is 12.5. The Morgan fingerprint density at radius 2 is 1.75 bits per heavy atom. The monoisotopic (exact) mass is 334 g/mol. The van der Waals surface area contributed by atoms with Crippen molar-refractivity contribution in [3.8, 4) is 18.2 Å². The third-order valence-corrected chi connectivity index (χ3v) is 4.16. The molecule has 1 N–H and O–H groups in total. The minimum Gasteiger partial charge on any atom is -0.344 e. The van der Waals surface area contributed by atoms with Gasteiger partial charge in [-0.15, -0.1) is 11.8 Å². The van der Waals surface area contributed by atoms with E-state index in [4.69, 9.17) is 15.8 Å². The van der Waals surface area contributed by atoms with Gasteiger partial charge in [-0.3, -0.25) is 0 Å². The molecule has 0 aliphatic carbocycles. The summed E-state index contributed by atoms with van der Waals surface area (Å²) in [6, 6.07) is 18.8. The van der Waals surface area contributed by atoms with Gasteiger partial charge in [-0.2, -0.15) is 15.8 Å². The van der Waals surface area contributed by atoms with Crippen molar-refractivity contribution in [1.82, 2.24) is 0 Å². The van der Waals surface area contributed by atoms with E-state index in [9.17, 15) is 4.39 Å². The minimum atomic E-state index is -0.290. The van der Waals surface area contributed by atoms with Gasteiger partial charge < -0.3 is 5.32 Å². The van der Waals surface area contributed by atoms with Crippen LogP contribution in [0.4, 0.5) is 10.1 Å². The molecule has 0 aromatic heterocycles. The van der Waals surface area contributed by atoms with E-state index in [2.05, 4.69) is 5.32 Å². The molecule has 4 nitrogen and oxygen atoms in total. The number of nitrogens with zero attached hydrogens (tertiary/aromatic N) is 3. The van der Waals surface area contributed by atoms with Crippen molar-refractivity contribution in [2.45, 2.75) is 10.6 Å². The molecule has 24 heavy (non-hydrogen) atoms. The smallest absolute Gasteiger partial charge is 0.163 e. The van der Waals surface area contributed by atoms with Gasteiger partial charge in [-0.1, -0.05) is 24.3 Å². The molecule has 0 aliphatic rings. The predicted octanol–water partition coefficient (Wildman–Crippen LogP) is 4.35. The second-order valence-electron chi connectivity index (χ2n) is 4.63. The first-order chi connectivity index (χ1) is 11.7. The second kappa shape index (κ2) is 8.39. The fraction of sp³-hybridized carbons (Fsp3) is 0.0556. The van der Waals surface area contributed by atoms with Crippen LogP contribution in [-0.4, -0.2) is 0 Å². The molecule has 0 fully saturated rings. The number of rotatable bonds is 5. The molecule has 0 atom stereocenters. The molecular weight excluding hydrogens is 323 g/mol. The molecule has 6 heteroatoms. The van der Waals surface area contributed by atoms with Gasteiger partial charge in [0.2, 0.25) is 0 Å². The highest BCUT2D eigenvalue weighted by molar-refractivity contribution is 7.98. The molecule has 2 aromatic carbocycles. The number of halogens is 1. The van der Waals surface area contributed by atoms with Crippen molar-refractivity contribution in [1.29, 1.82) is 15.8 Å². The predicted molar refractivity (Wildman–Crippen MR) is 89.9 cm³/mol. The molecule has 0 radical (unpaired) electrons. The SMILES string of the molecule is N#CC(C#N)=C(C#N)Nc1ccccc1SCc1cccc(F)c1. The molecule has 0 saturated heterocycles. The van der Waals surface area contributed by atoms with E-state index < -0.39 is 0 Å². The average Bonchev–Trinajstić information content (AvgIpc) is 2.61. The highest BCUT2D eigenvalue weighted by atomic mass is 32.2. The summed E-state index contributed by atoms with van der Waals surface area (Å²) in [7, 11) is 0. The van der Waals surface area contributed by atoms with Crippen molar-refractivity contribution in [3.63, 3.8) is 0 Å². The van der Waals surface area contributed by atoms with E-state index in [1.807, 2.05) is 24.3 Å². The van der Waals surface area contributed by atoms with Gasteiger partial charge in [0.05, 0.1) is 5.69 Å². The van der Waals surface area contributed by atoms with Crippen molar-refractivity contribution >= 4 is 17.4 Å². The van der Waals surface area contributed by atoms with Gasteiger partial charge >= 0.3 is 0 Å². The Morgan fingerprint density at radius 3 is 2.42 bits per heavy atom. The molecule has 0 amide bonds. The third-order valence-electron chi connectivity index (χ3n) is 3.02. The van der Waals surface area contributed by atoms with E-state index in [1.54, 1.807) is 30.3 Å². The Bertz CT molecular complexity index is 884. The normalized spacial score (nSPS) is 9.25. The second-order valence-corrected chi connectivity index (χ2v) is 5.64. The Kier molecular flexibility index (Phi) is 5.97. The molecule has 0 aliphatic heterocycles. The molecule has 0 saturated carbocycles. The van der Waals surface area contributed by atoms with Crippen LogP contribution in [0.3, 0.4) is 0 Å². The molecule has 0 heterocycles. The summed E-state index contributed by atoms with van der Waals surface area (Å²) < 4.78 is 13.2. The zero-order valence-corrected chi connectivity index (χ0v) is 13.3. The number of anilines is 1. The van der Waals surface area contributed by atoms with Crippen molar-refractivity contribution < 1.29 is 4.39 Å². The van der Waals surface area contributed by atoms with Crippen LogP contribution < -0.4 is 5.32 Å². The van der Waals surface area contributed by atoms with Gasteiger partial charge in [0.15, 0.2) is 5.57 Å².